The van der Waals surface area contributed by atoms with Crippen molar-refractivity contribution in [2.45, 2.75) is 32.7 Å². The molecule has 2 aromatic carbocycles. The first kappa shape index (κ1) is 21.6. The van der Waals surface area contributed by atoms with Gasteiger partial charge in [-0.2, -0.15) is 5.10 Å². The molecule has 0 aliphatic rings. The fraction of sp³-hybridized carbons (Fsp3) is 0.231. The largest absolute Gasteiger partial charge is 0.382 e. The van der Waals surface area contributed by atoms with Gasteiger partial charge >= 0.3 is 0 Å². The average Bonchev–Trinajstić information content (AvgIpc) is 3.54. The Kier molecular flexibility index (Phi) is 5.95. The Bertz CT molecular complexity index is 1420. The Morgan fingerprint density at radius 3 is 2.71 bits per heavy atom. The number of aryl methyl sites for hydroxylation is 1. The lowest BCUT2D eigenvalue weighted by Crippen LogP contribution is -2.30. The van der Waals surface area contributed by atoms with Gasteiger partial charge in [-0.25, -0.2) is 9.97 Å². The summed E-state index contributed by atoms with van der Waals surface area (Å²) in [5.41, 5.74) is 11.5. The van der Waals surface area contributed by atoms with E-state index in [1.165, 1.54) is 5.56 Å². The minimum Gasteiger partial charge on any atom is -0.382 e. The van der Waals surface area contributed by atoms with Crippen molar-refractivity contribution in [3.05, 3.63) is 72.2 Å². The highest BCUT2D eigenvalue weighted by atomic mass is 16.2. The van der Waals surface area contributed by atoms with Crippen molar-refractivity contribution in [2.75, 3.05) is 12.3 Å². The zero-order chi connectivity index (χ0) is 23.5. The van der Waals surface area contributed by atoms with Crippen molar-refractivity contribution >= 4 is 33.7 Å². The maximum Gasteiger partial charge on any atom is 0.222 e. The van der Waals surface area contributed by atoms with Gasteiger partial charge < -0.3 is 15.6 Å². The Hall–Kier alpha value is -4.20. The number of imidazole rings is 1. The van der Waals surface area contributed by atoms with E-state index in [-0.39, 0.29) is 5.91 Å². The second-order valence-electron chi connectivity index (χ2n) is 8.34. The predicted molar refractivity (Wildman–Crippen MR) is 134 cm³/mol. The smallest absolute Gasteiger partial charge is 0.222 e. The molecule has 0 atom stereocenters. The van der Waals surface area contributed by atoms with Crippen LogP contribution in [0.15, 0.2) is 60.8 Å². The number of nitrogens with two attached hydrogens (primary N) is 1. The highest BCUT2D eigenvalue weighted by molar-refractivity contribution is 6.07. The molecule has 0 saturated heterocycles. The number of amides is 1. The molecule has 172 valence electrons. The molecular weight excluding hydrogens is 426 g/mol. The fourth-order valence-corrected chi connectivity index (χ4v) is 4.28. The number of fused-ring (bicyclic) bond motifs is 3. The molecule has 5 aromatic rings. The van der Waals surface area contributed by atoms with Crippen LogP contribution in [-0.2, 0) is 17.8 Å². The van der Waals surface area contributed by atoms with Gasteiger partial charge in [0.05, 0.1) is 23.3 Å². The first-order valence-electron chi connectivity index (χ1n) is 11.5. The van der Waals surface area contributed by atoms with Crippen molar-refractivity contribution in [2.24, 2.45) is 0 Å². The van der Waals surface area contributed by atoms with Crippen LogP contribution in [0.4, 0.5) is 5.82 Å². The molecule has 5 rings (SSSR count). The van der Waals surface area contributed by atoms with E-state index >= 15 is 0 Å². The van der Waals surface area contributed by atoms with Gasteiger partial charge in [-0.3, -0.25) is 9.89 Å². The third kappa shape index (κ3) is 4.34. The lowest BCUT2D eigenvalue weighted by atomic mass is 10.1. The summed E-state index contributed by atoms with van der Waals surface area (Å²) in [6, 6.07) is 18.1. The molecule has 0 radical (unpaired) electrons. The van der Waals surface area contributed by atoms with Crippen LogP contribution in [0.1, 0.15) is 31.2 Å². The van der Waals surface area contributed by atoms with Gasteiger partial charge in [0, 0.05) is 30.1 Å². The maximum absolute atomic E-state index is 12.9. The van der Waals surface area contributed by atoms with Gasteiger partial charge in [0.2, 0.25) is 5.91 Å². The molecule has 3 heterocycles. The Labute approximate surface area is 197 Å². The predicted octanol–water partition coefficient (Wildman–Crippen LogP) is 4.45. The Balaban J connectivity index is 1.34. The summed E-state index contributed by atoms with van der Waals surface area (Å²) in [4.78, 5) is 27.3. The molecule has 0 aliphatic carbocycles. The molecule has 0 bridgehead atoms. The van der Waals surface area contributed by atoms with Gasteiger partial charge in [-0.05, 0) is 43.5 Å². The second kappa shape index (κ2) is 9.35. The lowest BCUT2D eigenvalue weighted by Gasteiger charge is -2.19. The molecule has 8 heteroatoms. The minimum absolute atomic E-state index is 0.124. The number of carbonyl (C=O) groups is 1. The zero-order valence-electron chi connectivity index (χ0n) is 19.1. The monoisotopic (exact) mass is 453 g/mol. The number of rotatable bonds is 8. The topological polar surface area (TPSA) is 117 Å². The van der Waals surface area contributed by atoms with Crippen LogP contribution in [-0.4, -0.2) is 42.5 Å². The highest BCUT2D eigenvalue weighted by Crippen LogP contribution is 2.29. The Morgan fingerprint density at radius 2 is 1.94 bits per heavy atom. The maximum atomic E-state index is 12.9. The summed E-state index contributed by atoms with van der Waals surface area (Å²) in [7, 11) is 0. The molecule has 0 fully saturated rings. The number of aromatic nitrogens is 5. The standard InChI is InChI=1S/C26H27N7O/c1-2-33(23(34)10-6-9-17-7-4-3-5-8-17)16-22-30-24-19-12-11-18(20-13-14-28-32-20)15-21(19)29-26(27)25(24)31-22/h3-5,7-8,11-15H,2,6,9-10,16H2,1H3,(H2,27,29)(H,28,32)(H,30,31). The van der Waals surface area contributed by atoms with Crippen LogP contribution in [0.2, 0.25) is 0 Å². The number of hydrogen-bond acceptors (Lipinski definition) is 5. The normalized spacial score (nSPS) is 11.3. The molecule has 4 N–H and O–H groups in total. The van der Waals surface area contributed by atoms with E-state index in [4.69, 9.17) is 5.73 Å². The van der Waals surface area contributed by atoms with Gasteiger partial charge in [-0.1, -0.05) is 36.4 Å². The minimum atomic E-state index is 0.124. The van der Waals surface area contributed by atoms with Crippen LogP contribution < -0.4 is 5.73 Å². The third-order valence-corrected chi connectivity index (χ3v) is 6.07. The van der Waals surface area contributed by atoms with Crippen molar-refractivity contribution in [3.8, 4) is 11.3 Å². The summed E-state index contributed by atoms with van der Waals surface area (Å²) >= 11 is 0. The second-order valence-corrected chi connectivity index (χ2v) is 8.34. The first-order chi connectivity index (χ1) is 16.6. The average molecular weight is 454 g/mol. The first-order valence-corrected chi connectivity index (χ1v) is 11.5. The van der Waals surface area contributed by atoms with Crippen molar-refractivity contribution in [1.29, 1.82) is 0 Å². The van der Waals surface area contributed by atoms with E-state index in [1.807, 2.05) is 54.3 Å². The quantitative estimate of drug-likeness (QED) is 0.321. The van der Waals surface area contributed by atoms with Crippen LogP contribution in [0.3, 0.4) is 0 Å². The molecule has 0 aliphatic heterocycles. The van der Waals surface area contributed by atoms with E-state index < -0.39 is 0 Å². The van der Waals surface area contributed by atoms with Crippen LogP contribution in [0.25, 0.3) is 33.2 Å². The van der Waals surface area contributed by atoms with E-state index in [9.17, 15) is 4.79 Å². The zero-order valence-corrected chi connectivity index (χ0v) is 19.1. The Morgan fingerprint density at radius 1 is 1.09 bits per heavy atom. The number of nitrogens with one attached hydrogen (secondary N) is 2. The number of nitrogen functional groups attached to an aromatic ring is 1. The lowest BCUT2D eigenvalue weighted by molar-refractivity contribution is -0.131. The van der Waals surface area contributed by atoms with Crippen LogP contribution >= 0.6 is 0 Å². The molecule has 0 saturated carbocycles. The van der Waals surface area contributed by atoms with Gasteiger partial charge in [-0.15, -0.1) is 0 Å². The van der Waals surface area contributed by atoms with Crippen LogP contribution in [0.5, 0.6) is 0 Å². The number of carbonyl (C=O) groups excluding carboxylic acids is 1. The van der Waals surface area contributed by atoms with E-state index in [1.54, 1.807) is 6.20 Å². The number of pyridine rings is 1. The number of nitrogens with zero attached hydrogens (tertiary/aromatic N) is 4. The van der Waals surface area contributed by atoms with Gasteiger partial charge in [0.1, 0.15) is 11.3 Å². The summed E-state index contributed by atoms with van der Waals surface area (Å²) < 4.78 is 0. The number of aromatic amines is 2. The molecular formula is C26H27N7O. The summed E-state index contributed by atoms with van der Waals surface area (Å²) in [5, 5.41) is 8.00. The third-order valence-electron chi connectivity index (χ3n) is 6.07. The van der Waals surface area contributed by atoms with Crippen molar-refractivity contribution < 1.29 is 4.79 Å². The highest BCUT2D eigenvalue weighted by Gasteiger charge is 2.17. The summed E-state index contributed by atoms with van der Waals surface area (Å²) in [6.45, 7) is 3.00. The van der Waals surface area contributed by atoms with Gasteiger partial charge in [0.25, 0.3) is 0 Å². The summed E-state index contributed by atoms with van der Waals surface area (Å²) in [5.74, 6) is 1.19. The molecule has 8 nitrogen and oxygen atoms in total. The van der Waals surface area contributed by atoms with E-state index in [2.05, 4.69) is 37.3 Å². The van der Waals surface area contributed by atoms with E-state index in [0.29, 0.717) is 36.7 Å². The number of H-pyrrole nitrogens is 2. The molecule has 3 aromatic heterocycles. The fourth-order valence-electron chi connectivity index (χ4n) is 4.28. The van der Waals surface area contributed by atoms with Crippen molar-refractivity contribution in [1.82, 2.24) is 30.0 Å². The number of anilines is 1. The van der Waals surface area contributed by atoms with E-state index in [0.717, 1.165) is 40.5 Å². The van der Waals surface area contributed by atoms with Crippen molar-refractivity contribution in [3.63, 3.8) is 0 Å². The number of hydrogen-bond donors (Lipinski definition) is 3. The summed E-state index contributed by atoms with van der Waals surface area (Å²) in [6.07, 6.45) is 4.00. The molecule has 0 unspecified atom stereocenters. The molecule has 0 spiro atoms. The SMILES string of the molecule is CCN(Cc1nc2c(N)nc3cc(-c4cc[nH]n4)ccc3c2[nH]1)C(=O)CCCc1ccccc1. The molecule has 1 amide bonds. The molecule has 34 heavy (non-hydrogen) atoms. The van der Waals surface area contributed by atoms with Crippen LogP contribution in [0, 0.1) is 0 Å². The number of benzene rings is 2. The van der Waals surface area contributed by atoms with Gasteiger partial charge in [0.15, 0.2) is 5.82 Å².